The maximum Gasteiger partial charge on any atom is 0.235 e. The molecule has 1 saturated heterocycles. The summed E-state index contributed by atoms with van der Waals surface area (Å²) in [5.41, 5.74) is 7.21. The highest BCUT2D eigenvalue weighted by molar-refractivity contribution is 6.30. The number of nitrogens with two attached hydrogens (primary N) is 1. The molecule has 6 N–H and O–H groups in total. The van der Waals surface area contributed by atoms with E-state index in [-0.39, 0.29) is 41.1 Å². The minimum absolute atomic E-state index is 0.0883. The third kappa shape index (κ3) is 4.31. The average molecular weight is 501 g/mol. The lowest BCUT2D eigenvalue weighted by Gasteiger charge is -2.19. The number of nitrogens with one attached hydrogen (secondary N) is 1. The zero-order valence-electron chi connectivity index (χ0n) is 18.1. The Morgan fingerprint density at radius 2 is 1.94 bits per heavy atom. The van der Waals surface area contributed by atoms with E-state index in [1.54, 1.807) is 36.5 Å². The molecule has 0 bridgehead atoms. The van der Waals surface area contributed by atoms with Gasteiger partial charge < -0.3 is 31.1 Å². The lowest BCUT2D eigenvalue weighted by molar-refractivity contribution is -0.115. The number of rotatable bonds is 6. The molecule has 1 aliphatic rings. The van der Waals surface area contributed by atoms with Crippen molar-refractivity contribution < 1.29 is 24.9 Å². The van der Waals surface area contributed by atoms with Crippen LogP contribution in [0.3, 0.4) is 0 Å². The van der Waals surface area contributed by atoms with Crippen LogP contribution in [0, 0.1) is 0 Å². The van der Waals surface area contributed by atoms with Crippen molar-refractivity contribution in [3.8, 4) is 5.95 Å². The molecule has 1 amide bonds. The number of nitrogen functional groups attached to an aromatic ring is 1. The summed E-state index contributed by atoms with van der Waals surface area (Å²) in [5, 5.41) is 38.0. The number of hydrogen-bond acceptors (Lipinski definition) is 10. The molecule has 4 heterocycles. The molecule has 0 saturated carbocycles. The summed E-state index contributed by atoms with van der Waals surface area (Å²) >= 11 is 5.88. The van der Waals surface area contributed by atoms with E-state index in [1.807, 2.05) is 0 Å². The summed E-state index contributed by atoms with van der Waals surface area (Å²) in [6.07, 6.45) is -2.00. The second kappa shape index (κ2) is 9.20. The molecule has 0 spiro atoms. The third-order valence-electron chi connectivity index (χ3n) is 5.60. The molecule has 13 nitrogen and oxygen atoms in total. The van der Waals surface area contributed by atoms with Crippen molar-refractivity contribution in [3.63, 3.8) is 0 Å². The molecule has 0 radical (unpaired) electrons. The second-order valence-corrected chi connectivity index (χ2v) is 8.38. The number of hydrogen-bond donors (Lipinski definition) is 5. The number of nitrogens with zero attached hydrogens (tertiary/aromatic N) is 6. The first kappa shape index (κ1) is 23.1. The molecular weight excluding hydrogens is 480 g/mol. The van der Waals surface area contributed by atoms with Crippen LogP contribution >= 0.6 is 11.6 Å². The maximum absolute atomic E-state index is 12.5. The lowest BCUT2D eigenvalue weighted by Crippen LogP contribution is -2.33. The first-order valence-electron chi connectivity index (χ1n) is 10.6. The van der Waals surface area contributed by atoms with E-state index in [0.29, 0.717) is 5.02 Å². The lowest BCUT2D eigenvalue weighted by atomic mass is 10.1. The zero-order valence-corrected chi connectivity index (χ0v) is 18.8. The van der Waals surface area contributed by atoms with Crippen LogP contribution in [-0.4, -0.2) is 75.4 Å². The van der Waals surface area contributed by atoms with Gasteiger partial charge in [-0.1, -0.05) is 23.7 Å². The van der Waals surface area contributed by atoms with Gasteiger partial charge in [-0.15, -0.1) is 5.10 Å². The topological polar surface area (TPSA) is 186 Å². The summed E-state index contributed by atoms with van der Waals surface area (Å²) < 4.78 is 8.43. The standard InChI is InChI=1S/C21H21ClN8O5/c22-11-3-1-10(2-4-11)7-14(32)26-13-5-6-29(28-13)21-27-15-18(23)24-9-25-19(15)30(21)20-17(34)16(33)12(8-31)35-20/h1-6,9,12,16-17,20,31,33-34H,7-8H2,(H2,23,24,25)(H,26,28,32)/t12-,16-,17-,20-/m1/s1. The molecule has 4 atom stereocenters. The molecule has 5 rings (SSSR count). The van der Waals surface area contributed by atoms with Crippen LogP contribution in [0.4, 0.5) is 11.6 Å². The molecule has 4 aromatic rings. The molecule has 14 heteroatoms. The van der Waals surface area contributed by atoms with E-state index in [0.717, 1.165) is 5.56 Å². The van der Waals surface area contributed by atoms with Crippen molar-refractivity contribution in [2.75, 3.05) is 17.7 Å². The molecule has 0 unspecified atom stereocenters. The average Bonchev–Trinajstić information content (AvgIpc) is 3.52. The Morgan fingerprint density at radius 1 is 1.17 bits per heavy atom. The van der Waals surface area contributed by atoms with Crippen molar-refractivity contribution in [1.82, 2.24) is 29.3 Å². The van der Waals surface area contributed by atoms with Gasteiger partial charge in [0.25, 0.3) is 0 Å². The van der Waals surface area contributed by atoms with Crippen LogP contribution in [0.25, 0.3) is 17.1 Å². The fourth-order valence-electron chi connectivity index (χ4n) is 3.88. The predicted molar refractivity (Wildman–Crippen MR) is 124 cm³/mol. The van der Waals surface area contributed by atoms with E-state index < -0.39 is 31.1 Å². The number of anilines is 2. The number of carbonyl (C=O) groups is 1. The number of carbonyl (C=O) groups excluding carboxylic acids is 1. The Bertz CT molecular complexity index is 1370. The Labute approximate surface area is 202 Å². The van der Waals surface area contributed by atoms with Gasteiger partial charge in [0.15, 0.2) is 29.0 Å². The van der Waals surface area contributed by atoms with Crippen molar-refractivity contribution in [1.29, 1.82) is 0 Å². The van der Waals surface area contributed by atoms with Gasteiger partial charge in [-0.2, -0.15) is 0 Å². The van der Waals surface area contributed by atoms with E-state index in [4.69, 9.17) is 22.1 Å². The van der Waals surface area contributed by atoms with Crippen molar-refractivity contribution in [3.05, 3.63) is 53.4 Å². The van der Waals surface area contributed by atoms with Gasteiger partial charge in [-0.3, -0.25) is 9.36 Å². The summed E-state index contributed by atoms with van der Waals surface area (Å²) in [5.74, 6) is 0.193. The van der Waals surface area contributed by atoms with Crippen molar-refractivity contribution >= 4 is 40.3 Å². The number of amides is 1. The highest BCUT2D eigenvalue weighted by Gasteiger charge is 2.45. The zero-order chi connectivity index (χ0) is 24.7. The van der Waals surface area contributed by atoms with Gasteiger partial charge >= 0.3 is 0 Å². The fourth-order valence-corrected chi connectivity index (χ4v) is 4.01. The number of aromatic nitrogens is 6. The highest BCUT2D eigenvalue weighted by Crippen LogP contribution is 2.34. The number of aliphatic hydroxyl groups is 3. The Balaban J connectivity index is 1.46. The smallest absolute Gasteiger partial charge is 0.235 e. The first-order valence-corrected chi connectivity index (χ1v) is 10.9. The number of halogens is 1. The second-order valence-electron chi connectivity index (χ2n) is 7.94. The van der Waals surface area contributed by atoms with Crippen LogP contribution in [0.1, 0.15) is 11.8 Å². The van der Waals surface area contributed by atoms with E-state index in [1.165, 1.54) is 15.6 Å². The fraction of sp³-hybridized carbons (Fsp3) is 0.286. The van der Waals surface area contributed by atoms with Gasteiger partial charge in [0.05, 0.1) is 13.0 Å². The maximum atomic E-state index is 12.5. The molecule has 1 aromatic carbocycles. The largest absolute Gasteiger partial charge is 0.394 e. The van der Waals surface area contributed by atoms with E-state index in [9.17, 15) is 20.1 Å². The quantitative estimate of drug-likeness (QED) is 0.242. The molecule has 1 aliphatic heterocycles. The SMILES string of the molecule is Nc1ncnc2c1nc(-n1ccc(NC(=O)Cc3ccc(Cl)cc3)n1)n2[C@@H]1O[C@H](CO)[C@@H](O)[C@H]1O. The van der Waals surface area contributed by atoms with E-state index >= 15 is 0 Å². The van der Waals surface area contributed by atoms with Crippen LogP contribution in [0.5, 0.6) is 0 Å². The molecule has 0 aliphatic carbocycles. The Hall–Kier alpha value is -3.62. The molecule has 1 fully saturated rings. The number of imidazole rings is 1. The minimum Gasteiger partial charge on any atom is -0.394 e. The van der Waals surface area contributed by atoms with Crippen LogP contribution in [-0.2, 0) is 16.0 Å². The molecule has 3 aromatic heterocycles. The Morgan fingerprint density at radius 3 is 2.66 bits per heavy atom. The number of aliphatic hydroxyl groups excluding tert-OH is 3. The summed E-state index contributed by atoms with van der Waals surface area (Å²) in [6.45, 7) is -0.501. The summed E-state index contributed by atoms with van der Waals surface area (Å²) in [4.78, 5) is 25.1. The Kier molecular flexibility index (Phi) is 6.08. The molecule has 182 valence electrons. The summed E-state index contributed by atoms with van der Waals surface area (Å²) in [7, 11) is 0. The minimum atomic E-state index is -1.39. The van der Waals surface area contributed by atoms with Gasteiger partial charge in [0.1, 0.15) is 24.6 Å². The monoisotopic (exact) mass is 500 g/mol. The van der Waals surface area contributed by atoms with Crippen LogP contribution in [0.2, 0.25) is 5.02 Å². The first-order chi connectivity index (χ1) is 16.9. The normalized spacial score (nSPS) is 22.1. The highest BCUT2D eigenvalue weighted by atomic mass is 35.5. The molecule has 35 heavy (non-hydrogen) atoms. The number of fused-ring (bicyclic) bond motifs is 1. The number of benzene rings is 1. The third-order valence-corrected chi connectivity index (χ3v) is 5.85. The van der Waals surface area contributed by atoms with Crippen LogP contribution in [0.15, 0.2) is 42.9 Å². The predicted octanol–water partition coefficient (Wildman–Crippen LogP) is 0.0403. The molecular formula is C21H21ClN8O5. The van der Waals surface area contributed by atoms with Gasteiger partial charge in [-0.05, 0) is 17.7 Å². The summed E-state index contributed by atoms with van der Waals surface area (Å²) in [6, 6.07) is 8.49. The number of ether oxygens (including phenoxy) is 1. The van der Waals surface area contributed by atoms with Gasteiger partial charge in [-0.25, -0.2) is 19.6 Å². The van der Waals surface area contributed by atoms with Crippen LogP contribution < -0.4 is 11.1 Å². The van der Waals surface area contributed by atoms with Gasteiger partial charge in [0, 0.05) is 17.3 Å². The van der Waals surface area contributed by atoms with Gasteiger partial charge in [0.2, 0.25) is 11.9 Å². The van der Waals surface area contributed by atoms with Crippen molar-refractivity contribution in [2.45, 2.75) is 31.0 Å². The van der Waals surface area contributed by atoms with E-state index in [2.05, 4.69) is 25.4 Å². The van der Waals surface area contributed by atoms with Crippen molar-refractivity contribution in [2.24, 2.45) is 0 Å².